The van der Waals surface area contributed by atoms with Gasteiger partial charge < -0.3 is 16.0 Å². The summed E-state index contributed by atoms with van der Waals surface area (Å²) in [5.41, 5.74) is 0.518. The van der Waals surface area contributed by atoms with Gasteiger partial charge in [-0.3, -0.25) is 9.59 Å². The second-order valence-corrected chi connectivity index (χ2v) is 6.46. The minimum Gasteiger partial charge on any atom is -0.353 e. The first-order chi connectivity index (χ1) is 10.4. The van der Waals surface area contributed by atoms with Crippen LogP contribution in [-0.4, -0.2) is 37.5 Å². The zero-order chi connectivity index (χ0) is 16.7. The van der Waals surface area contributed by atoms with Crippen molar-refractivity contribution in [1.29, 1.82) is 0 Å². The topological polar surface area (TPSA) is 70.2 Å². The lowest BCUT2D eigenvalue weighted by molar-refractivity contribution is -0.124. The third kappa shape index (κ3) is 6.89. The zero-order valence-corrected chi connectivity index (χ0v) is 16.3. The second-order valence-electron chi connectivity index (χ2n) is 5.61. The van der Waals surface area contributed by atoms with Crippen molar-refractivity contribution in [3.63, 3.8) is 0 Å². The lowest BCUT2D eigenvalue weighted by atomic mass is 10.0. The maximum atomic E-state index is 12.3. The Morgan fingerprint density at radius 2 is 1.78 bits per heavy atom. The van der Waals surface area contributed by atoms with Gasteiger partial charge in [0.15, 0.2) is 0 Å². The van der Waals surface area contributed by atoms with Gasteiger partial charge in [-0.05, 0) is 48.0 Å². The van der Waals surface area contributed by atoms with E-state index in [1.54, 1.807) is 18.2 Å². The first-order valence-corrected chi connectivity index (χ1v) is 8.16. The van der Waals surface area contributed by atoms with Crippen LogP contribution in [0.15, 0.2) is 28.7 Å². The summed E-state index contributed by atoms with van der Waals surface area (Å²) >= 11 is 3.35. The van der Waals surface area contributed by atoms with Crippen LogP contribution in [0.2, 0.25) is 0 Å². The fraction of sp³-hybridized carbons (Fsp3) is 0.500. The molecule has 130 valence electrons. The number of nitrogens with one attached hydrogen (secondary N) is 3. The maximum Gasteiger partial charge on any atom is 0.253 e. The van der Waals surface area contributed by atoms with Gasteiger partial charge in [0.25, 0.3) is 5.91 Å². The van der Waals surface area contributed by atoms with Gasteiger partial charge in [0, 0.05) is 17.1 Å². The smallest absolute Gasteiger partial charge is 0.253 e. The summed E-state index contributed by atoms with van der Waals surface area (Å²) in [6, 6.07) is 6.76. The number of benzene rings is 1. The van der Waals surface area contributed by atoms with E-state index in [9.17, 15) is 9.59 Å². The Morgan fingerprint density at radius 3 is 2.30 bits per heavy atom. The highest BCUT2D eigenvalue weighted by Crippen LogP contribution is 2.16. The van der Waals surface area contributed by atoms with Crippen LogP contribution < -0.4 is 16.0 Å². The lowest BCUT2D eigenvalue weighted by Gasteiger charge is -2.23. The van der Waals surface area contributed by atoms with Crippen LogP contribution in [0, 0.1) is 5.92 Å². The van der Waals surface area contributed by atoms with Gasteiger partial charge in [0.1, 0.15) is 6.04 Å². The van der Waals surface area contributed by atoms with Crippen LogP contribution in [-0.2, 0) is 4.79 Å². The summed E-state index contributed by atoms with van der Waals surface area (Å²) in [6.07, 6.45) is 0. The monoisotopic (exact) mass is 405 g/mol. The van der Waals surface area contributed by atoms with Gasteiger partial charge in [0.05, 0.1) is 5.56 Å². The molecule has 1 aromatic rings. The molecule has 0 spiro atoms. The maximum absolute atomic E-state index is 12.3. The number of hydrogen-bond acceptors (Lipinski definition) is 3. The highest BCUT2D eigenvalue weighted by Gasteiger charge is 2.25. The first-order valence-electron chi connectivity index (χ1n) is 7.37. The van der Waals surface area contributed by atoms with Gasteiger partial charge in [-0.1, -0.05) is 26.0 Å². The van der Waals surface area contributed by atoms with Crippen molar-refractivity contribution in [3.05, 3.63) is 34.3 Å². The van der Waals surface area contributed by atoms with E-state index in [4.69, 9.17) is 0 Å². The van der Waals surface area contributed by atoms with Crippen LogP contribution in [0.3, 0.4) is 0 Å². The molecule has 2 amide bonds. The van der Waals surface area contributed by atoms with Crippen LogP contribution >= 0.6 is 28.3 Å². The van der Waals surface area contributed by atoms with Crippen LogP contribution in [0.25, 0.3) is 0 Å². The normalized spacial score (nSPS) is 13.0. The molecule has 0 saturated heterocycles. The molecule has 0 fully saturated rings. The fourth-order valence-corrected chi connectivity index (χ4v) is 2.33. The Hall–Kier alpha value is -1.11. The average molecular weight is 407 g/mol. The predicted octanol–water partition coefficient (Wildman–Crippen LogP) is 2.35. The summed E-state index contributed by atoms with van der Waals surface area (Å²) in [4.78, 5) is 24.6. The van der Waals surface area contributed by atoms with Crippen molar-refractivity contribution in [2.24, 2.45) is 5.92 Å². The fourth-order valence-electron chi connectivity index (χ4n) is 1.87. The molecule has 2 atom stereocenters. The van der Waals surface area contributed by atoms with E-state index in [0.717, 1.165) is 0 Å². The number of amides is 2. The average Bonchev–Trinajstić information content (AvgIpc) is 2.49. The summed E-state index contributed by atoms with van der Waals surface area (Å²) in [5.74, 6) is -0.433. The van der Waals surface area contributed by atoms with Crippen molar-refractivity contribution in [3.8, 4) is 0 Å². The number of hydrogen-bond donors (Lipinski definition) is 3. The van der Waals surface area contributed by atoms with Gasteiger partial charge in [-0.25, -0.2) is 0 Å². The summed E-state index contributed by atoms with van der Waals surface area (Å²) < 4.78 is 0.708. The Balaban J connectivity index is 0.00000484. The Kier molecular flexibility index (Phi) is 10.1. The van der Waals surface area contributed by atoms with Gasteiger partial charge in [0.2, 0.25) is 5.91 Å². The van der Waals surface area contributed by atoms with E-state index in [1.165, 1.54) is 0 Å². The Labute approximate surface area is 152 Å². The van der Waals surface area contributed by atoms with Crippen LogP contribution in [0.5, 0.6) is 0 Å². The molecular weight excluding hydrogens is 382 g/mol. The quantitative estimate of drug-likeness (QED) is 0.651. The number of carbonyl (C=O) groups excluding carboxylic acids is 2. The third-order valence-corrected chi connectivity index (χ3v) is 4.12. The molecule has 0 aromatic heterocycles. The van der Waals surface area contributed by atoms with E-state index in [2.05, 4.69) is 31.9 Å². The first kappa shape index (κ1) is 21.9. The summed E-state index contributed by atoms with van der Waals surface area (Å²) in [7, 11) is 1.84. The predicted molar refractivity (Wildman–Crippen MR) is 99.0 cm³/mol. The highest BCUT2D eigenvalue weighted by molar-refractivity contribution is 9.10. The number of rotatable bonds is 7. The molecule has 23 heavy (non-hydrogen) atoms. The van der Waals surface area contributed by atoms with Gasteiger partial charge >= 0.3 is 0 Å². The summed E-state index contributed by atoms with van der Waals surface area (Å²) in [6.45, 7) is 6.31. The Morgan fingerprint density at radius 1 is 1.17 bits per heavy atom. The van der Waals surface area contributed by atoms with Crippen molar-refractivity contribution < 1.29 is 9.59 Å². The molecule has 5 nitrogen and oxygen atoms in total. The molecule has 0 heterocycles. The summed E-state index contributed by atoms with van der Waals surface area (Å²) in [5, 5.41) is 8.73. The van der Waals surface area contributed by atoms with Crippen LogP contribution in [0.4, 0.5) is 0 Å². The van der Waals surface area contributed by atoms with E-state index in [0.29, 0.717) is 16.6 Å². The molecule has 1 rings (SSSR count). The Bertz CT molecular complexity index is 526. The molecular formula is C16H25BrClN3O2. The van der Waals surface area contributed by atoms with E-state index in [1.807, 2.05) is 33.9 Å². The molecule has 1 aromatic carbocycles. The molecule has 0 bridgehead atoms. The molecule has 0 aliphatic rings. The number of likely N-dealkylation sites (N-methyl/N-ethyl adjacent to an activating group) is 1. The minimum atomic E-state index is -0.566. The minimum absolute atomic E-state index is 0. The van der Waals surface area contributed by atoms with Crippen molar-refractivity contribution in [1.82, 2.24) is 16.0 Å². The second kappa shape index (κ2) is 10.6. The van der Waals surface area contributed by atoms with Gasteiger partial charge in [-0.2, -0.15) is 0 Å². The van der Waals surface area contributed by atoms with Gasteiger partial charge in [-0.15, -0.1) is 12.4 Å². The zero-order valence-electron chi connectivity index (χ0n) is 13.9. The molecule has 0 aliphatic heterocycles. The molecule has 2 unspecified atom stereocenters. The lowest BCUT2D eigenvalue weighted by Crippen LogP contribution is -2.51. The molecule has 0 saturated carbocycles. The van der Waals surface area contributed by atoms with E-state index >= 15 is 0 Å². The van der Waals surface area contributed by atoms with Crippen molar-refractivity contribution in [2.75, 3.05) is 13.6 Å². The standard InChI is InChI=1S/C16H24BrN3O2.ClH/c1-10(2)14(16(22)19-9-11(3)18-4)20-15(21)12-7-5-6-8-13(12)17;/h5-8,10-11,14,18H,9H2,1-4H3,(H,19,22)(H,20,21);1H. The molecule has 3 N–H and O–H groups in total. The SMILES string of the molecule is CNC(C)CNC(=O)C(NC(=O)c1ccccc1Br)C(C)C.Cl. The van der Waals surface area contributed by atoms with Crippen molar-refractivity contribution in [2.45, 2.75) is 32.9 Å². The molecule has 0 aliphatic carbocycles. The third-order valence-electron chi connectivity index (χ3n) is 3.43. The number of halogens is 2. The van der Waals surface area contributed by atoms with Crippen molar-refractivity contribution >= 4 is 40.2 Å². The molecule has 7 heteroatoms. The van der Waals surface area contributed by atoms with E-state index in [-0.39, 0.29) is 36.2 Å². The number of carbonyl (C=O) groups is 2. The highest BCUT2D eigenvalue weighted by atomic mass is 79.9. The van der Waals surface area contributed by atoms with E-state index < -0.39 is 6.04 Å². The largest absolute Gasteiger partial charge is 0.353 e. The van der Waals surface area contributed by atoms with Crippen LogP contribution in [0.1, 0.15) is 31.1 Å². The molecule has 0 radical (unpaired) electrons.